The average molecular weight is 269 g/mol. The highest BCUT2D eigenvalue weighted by Crippen LogP contribution is 2.14. The molecule has 0 fully saturated rings. The van der Waals surface area contributed by atoms with Crippen LogP contribution in [0, 0.1) is 0 Å². The first kappa shape index (κ1) is 15.1. The van der Waals surface area contributed by atoms with Gasteiger partial charge in [0.1, 0.15) is 0 Å². The van der Waals surface area contributed by atoms with E-state index in [1.807, 2.05) is 11.4 Å². The number of primary amides is 1. The van der Waals surface area contributed by atoms with Crippen molar-refractivity contribution in [1.82, 2.24) is 10.2 Å². The smallest absolute Gasteiger partial charge is 0.249 e. The molecule has 0 bridgehead atoms. The van der Waals surface area contributed by atoms with E-state index in [0.717, 1.165) is 31.1 Å². The minimum Gasteiger partial charge on any atom is -0.366 e. The van der Waals surface area contributed by atoms with Crippen LogP contribution in [-0.2, 0) is 6.54 Å². The van der Waals surface area contributed by atoms with Crippen molar-refractivity contribution in [2.45, 2.75) is 33.4 Å². The molecule has 3 N–H and O–H groups in total. The maximum Gasteiger partial charge on any atom is 0.249 e. The molecule has 1 atom stereocenters. The lowest BCUT2D eigenvalue weighted by Gasteiger charge is -2.23. The summed E-state index contributed by atoms with van der Waals surface area (Å²) in [5.41, 5.74) is 5.83. The molecule has 1 aromatic heterocycles. The average Bonchev–Trinajstić information content (AvgIpc) is 2.82. The van der Waals surface area contributed by atoms with Gasteiger partial charge in [-0.25, -0.2) is 0 Å². The van der Waals surface area contributed by atoms with Gasteiger partial charge in [-0.1, -0.05) is 13.8 Å². The molecule has 0 aliphatic heterocycles. The molecule has 1 heterocycles. The van der Waals surface area contributed by atoms with Crippen LogP contribution in [0.4, 0.5) is 0 Å². The van der Waals surface area contributed by atoms with Gasteiger partial charge >= 0.3 is 0 Å². The van der Waals surface area contributed by atoms with Crippen LogP contribution in [0.25, 0.3) is 0 Å². The van der Waals surface area contributed by atoms with Crippen molar-refractivity contribution in [2.75, 3.05) is 19.6 Å². The normalized spacial score (nSPS) is 12.9. The van der Waals surface area contributed by atoms with Crippen molar-refractivity contribution in [3.8, 4) is 0 Å². The van der Waals surface area contributed by atoms with E-state index in [4.69, 9.17) is 5.73 Å². The van der Waals surface area contributed by atoms with Crippen molar-refractivity contribution >= 4 is 17.2 Å². The molecule has 0 aliphatic carbocycles. The van der Waals surface area contributed by atoms with Crippen LogP contribution in [-0.4, -0.2) is 36.5 Å². The number of nitrogens with two attached hydrogens (primary N) is 1. The molecule has 0 spiro atoms. The lowest BCUT2D eigenvalue weighted by molar-refractivity contribution is 0.100. The summed E-state index contributed by atoms with van der Waals surface area (Å²) >= 11 is 1.57. The number of thiophene rings is 1. The zero-order chi connectivity index (χ0) is 13.5. The lowest BCUT2D eigenvalue weighted by atomic mass is 10.2. The highest BCUT2D eigenvalue weighted by molar-refractivity contribution is 7.10. The molecular weight excluding hydrogens is 246 g/mol. The van der Waals surface area contributed by atoms with Crippen LogP contribution >= 0.6 is 11.3 Å². The Labute approximate surface area is 113 Å². The number of rotatable bonds is 8. The quantitative estimate of drug-likeness (QED) is 0.754. The molecule has 18 heavy (non-hydrogen) atoms. The molecule has 0 aliphatic rings. The summed E-state index contributed by atoms with van der Waals surface area (Å²) in [5, 5.41) is 5.28. The van der Waals surface area contributed by atoms with E-state index in [2.05, 4.69) is 31.0 Å². The fraction of sp³-hybridized carbons (Fsp3) is 0.615. The van der Waals surface area contributed by atoms with Gasteiger partial charge in [0.15, 0.2) is 0 Å². The second-order valence-corrected chi connectivity index (χ2v) is 5.43. The number of hydrogen-bond donors (Lipinski definition) is 2. The first-order valence-corrected chi connectivity index (χ1v) is 7.27. The zero-order valence-electron chi connectivity index (χ0n) is 11.4. The van der Waals surface area contributed by atoms with Gasteiger partial charge in [0.2, 0.25) is 5.91 Å². The molecule has 0 radical (unpaired) electrons. The molecule has 1 unspecified atom stereocenters. The Bertz CT molecular complexity index is 374. The van der Waals surface area contributed by atoms with Crippen molar-refractivity contribution in [1.29, 1.82) is 0 Å². The van der Waals surface area contributed by atoms with Crippen molar-refractivity contribution in [3.05, 3.63) is 21.9 Å². The Morgan fingerprint density at radius 2 is 2.17 bits per heavy atom. The number of carbonyl (C=O) groups is 1. The first-order valence-electron chi connectivity index (χ1n) is 6.39. The summed E-state index contributed by atoms with van der Waals surface area (Å²) in [6.45, 7) is 10.5. The second-order valence-electron chi connectivity index (χ2n) is 4.43. The van der Waals surface area contributed by atoms with E-state index in [1.54, 1.807) is 11.3 Å². The topological polar surface area (TPSA) is 58.4 Å². The van der Waals surface area contributed by atoms with Crippen molar-refractivity contribution in [3.63, 3.8) is 0 Å². The van der Waals surface area contributed by atoms with E-state index in [9.17, 15) is 4.79 Å². The Balaban J connectivity index is 2.37. The summed E-state index contributed by atoms with van der Waals surface area (Å²) in [4.78, 5) is 14.5. The molecule has 1 aromatic rings. The molecule has 1 rings (SSSR count). The summed E-state index contributed by atoms with van der Waals surface area (Å²) < 4.78 is 0. The number of likely N-dealkylation sites (N-methyl/N-ethyl adjacent to an activating group) is 1. The summed E-state index contributed by atoms with van der Waals surface area (Å²) in [5.74, 6) is -0.353. The Morgan fingerprint density at radius 3 is 2.67 bits per heavy atom. The number of carbonyl (C=O) groups excluding carboxylic acids is 1. The van der Waals surface area contributed by atoms with Crippen LogP contribution in [0.3, 0.4) is 0 Å². The van der Waals surface area contributed by atoms with Crippen LogP contribution in [0.15, 0.2) is 11.4 Å². The Hall–Kier alpha value is -0.910. The summed E-state index contributed by atoms with van der Waals surface area (Å²) in [6, 6.07) is 2.30. The predicted octanol–water partition coefficient (Wildman–Crippen LogP) is 1.67. The van der Waals surface area contributed by atoms with Gasteiger partial charge in [-0.3, -0.25) is 4.79 Å². The Morgan fingerprint density at radius 1 is 1.50 bits per heavy atom. The van der Waals surface area contributed by atoms with Gasteiger partial charge < -0.3 is 16.0 Å². The van der Waals surface area contributed by atoms with Gasteiger partial charge in [0, 0.05) is 29.4 Å². The van der Waals surface area contributed by atoms with Crippen LogP contribution in [0.2, 0.25) is 0 Å². The molecule has 0 saturated carbocycles. The minimum atomic E-state index is -0.353. The summed E-state index contributed by atoms with van der Waals surface area (Å²) in [7, 11) is 0. The van der Waals surface area contributed by atoms with Gasteiger partial charge in [-0.2, -0.15) is 0 Å². The fourth-order valence-electron chi connectivity index (χ4n) is 1.81. The minimum absolute atomic E-state index is 0.353. The third kappa shape index (κ3) is 4.76. The maximum atomic E-state index is 11.0. The second kappa shape index (κ2) is 7.51. The van der Waals surface area contributed by atoms with E-state index in [1.165, 1.54) is 0 Å². The predicted molar refractivity (Wildman–Crippen MR) is 76.9 cm³/mol. The van der Waals surface area contributed by atoms with Crippen LogP contribution in [0.1, 0.15) is 36.0 Å². The van der Waals surface area contributed by atoms with Crippen molar-refractivity contribution in [2.24, 2.45) is 5.73 Å². The fourth-order valence-corrected chi connectivity index (χ4v) is 2.64. The lowest BCUT2D eigenvalue weighted by Crippen LogP contribution is -2.38. The van der Waals surface area contributed by atoms with Gasteiger partial charge in [-0.15, -0.1) is 11.3 Å². The summed E-state index contributed by atoms with van der Waals surface area (Å²) in [6.07, 6.45) is 0. The van der Waals surface area contributed by atoms with E-state index >= 15 is 0 Å². The van der Waals surface area contributed by atoms with Gasteiger partial charge in [0.25, 0.3) is 0 Å². The number of nitrogens with zero attached hydrogens (tertiary/aromatic N) is 1. The van der Waals surface area contributed by atoms with Crippen LogP contribution in [0.5, 0.6) is 0 Å². The Kier molecular flexibility index (Phi) is 6.32. The first-order chi connectivity index (χ1) is 8.56. The molecule has 0 saturated heterocycles. The van der Waals surface area contributed by atoms with Gasteiger partial charge in [0.05, 0.1) is 5.56 Å². The molecule has 102 valence electrons. The standard InChI is InChI=1S/C13H23N3OS/c1-4-16(5-2)8-10(3)15-7-12-6-11(9-18-12)13(14)17/h6,9-10,15H,4-5,7-8H2,1-3H3,(H2,14,17). The highest BCUT2D eigenvalue weighted by Gasteiger charge is 2.08. The zero-order valence-corrected chi connectivity index (χ0v) is 12.2. The molecule has 1 amide bonds. The molecule has 0 aromatic carbocycles. The van der Waals surface area contributed by atoms with Crippen LogP contribution < -0.4 is 11.1 Å². The molecule has 4 nitrogen and oxygen atoms in total. The third-order valence-electron chi connectivity index (χ3n) is 2.99. The van der Waals surface area contributed by atoms with E-state index < -0.39 is 0 Å². The molecule has 5 heteroatoms. The molecular formula is C13H23N3OS. The highest BCUT2D eigenvalue weighted by atomic mass is 32.1. The van der Waals surface area contributed by atoms with E-state index in [-0.39, 0.29) is 5.91 Å². The van der Waals surface area contributed by atoms with E-state index in [0.29, 0.717) is 11.6 Å². The van der Waals surface area contributed by atoms with Gasteiger partial charge in [-0.05, 0) is 26.1 Å². The SMILES string of the molecule is CCN(CC)CC(C)NCc1cc(C(N)=O)cs1. The number of hydrogen-bond acceptors (Lipinski definition) is 4. The monoisotopic (exact) mass is 269 g/mol. The van der Waals surface area contributed by atoms with Crippen molar-refractivity contribution < 1.29 is 4.79 Å². The largest absolute Gasteiger partial charge is 0.366 e. The number of amides is 1. The maximum absolute atomic E-state index is 11.0. The number of nitrogens with one attached hydrogen (secondary N) is 1. The third-order valence-corrected chi connectivity index (χ3v) is 3.93.